The third-order valence-corrected chi connectivity index (χ3v) is 5.90. The lowest BCUT2D eigenvalue weighted by Crippen LogP contribution is -2.40. The molecule has 1 aromatic carbocycles. The molecule has 6 heteroatoms. The lowest BCUT2D eigenvalue weighted by molar-refractivity contribution is -0.161. The molecule has 1 atom stereocenters. The first-order chi connectivity index (χ1) is 14.9. The summed E-state index contributed by atoms with van der Waals surface area (Å²) in [6, 6.07) is 9.70. The minimum absolute atomic E-state index is 0.00183. The Labute approximate surface area is 191 Å². The van der Waals surface area contributed by atoms with Gasteiger partial charge in [-0.3, -0.25) is 0 Å². The molecule has 0 spiro atoms. The maximum atomic E-state index is 13.2. The van der Waals surface area contributed by atoms with Gasteiger partial charge in [0.05, 0.1) is 12.1 Å². The second-order valence-corrected chi connectivity index (χ2v) is 10.7. The van der Waals surface area contributed by atoms with E-state index in [2.05, 4.69) is 53.8 Å². The number of ether oxygens (including phenoxy) is 1. The van der Waals surface area contributed by atoms with E-state index < -0.39 is 11.6 Å². The highest BCUT2D eigenvalue weighted by Gasteiger charge is 2.43. The van der Waals surface area contributed by atoms with Crippen LogP contribution in [0.1, 0.15) is 85.4 Å². The van der Waals surface area contributed by atoms with Crippen molar-refractivity contribution in [2.75, 3.05) is 5.32 Å². The summed E-state index contributed by atoms with van der Waals surface area (Å²) in [4.78, 5) is 17.9. The maximum Gasteiger partial charge on any atom is 0.359 e. The number of hydrogen-bond donors (Lipinski definition) is 2. The molecule has 32 heavy (non-hydrogen) atoms. The number of anilines is 1. The Hall–Kier alpha value is -2.76. The number of aliphatic hydroxyl groups excluding tert-OH is 1. The number of unbranched alkanes of at least 4 members (excludes halogenated alkanes) is 1. The predicted octanol–water partition coefficient (Wildman–Crippen LogP) is 6.15. The van der Waals surface area contributed by atoms with Gasteiger partial charge in [0.25, 0.3) is 0 Å². The molecule has 0 bridgehead atoms. The lowest BCUT2D eigenvalue weighted by atomic mass is 9.83. The number of aromatic nitrogens is 2. The zero-order valence-electron chi connectivity index (χ0n) is 20.5. The van der Waals surface area contributed by atoms with E-state index in [0.29, 0.717) is 12.4 Å². The number of cyclic esters (lactones) is 1. The van der Waals surface area contributed by atoms with E-state index in [1.54, 1.807) is 0 Å². The van der Waals surface area contributed by atoms with Crippen molar-refractivity contribution in [1.29, 1.82) is 0 Å². The monoisotopic (exact) mass is 439 g/mol. The zero-order chi connectivity index (χ0) is 23.7. The van der Waals surface area contributed by atoms with Gasteiger partial charge in [-0.25, -0.2) is 9.78 Å². The summed E-state index contributed by atoms with van der Waals surface area (Å²) in [5, 5.41) is 14.1. The number of nitrogens with zero attached hydrogens (tertiary/aromatic N) is 2. The minimum atomic E-state index is -0.861. The van der Waals surface area contributed by atoms with E-state index in [4.69, 9.17) is 9.72 Å². The second kappa shape index (κ2) is 8.64. The molecule has 1 unspecified atom stereocenters. The Kier molecular flexibility index (Phi) is 6.45. The molecule has 1 aliphatic rings. The standard InChI is InChI=1S/C26H37N3O3/c1-8-9-15-26(18-13-11-10-12-14-18)16-19(30)21(22(31)32-26)28-23-27-20(24(2,3)4)17-29(23)25(5,6)7/h10-14,17,30H,8-9,15-16H2,1-7H3,(H,27,28). The van der Waals surface area contributed by atoms with Crippen LogP contribution < -0.4 is 5.32 Å². The Morgan fingerprint density at radius 1 is 1.16 bits per heavy atom. The smallest absolute Gasteiger partial charge is 0.359 e. The molecule has 3 rings (SSSR count). The maximum absolute atomic E-state index is 13.2. The molecule has 0 fully saturated rings. The van der Waals surface area contributed by atoms with Crippen molar-refractivity contribution in [3.05, 3.63) is 59.2 Å². The lowest BCUT2D eigenvalue weighted by Gasteiger charge is -2.38. The molecule has 2 aromatic rings. The first kappa shape index (κ1) is 23.9. The molecule has 0 saturated carbocycles. The summed E-state index contributed by atoms with van der Waals surface area (Å²) in [5.74, 6) is -0.0434. The van der Waals surface area contributed by atoms with Gasteiger partial charge >= 0.3 is 5.97 Å². The van der Waals surface area contributed by atoms with Gasteiger partial charge in [0.15, 0.2) is 5.70 Å². The molecular weight excluding hydrogens is 402 g/mol. The van der Waals surface area contributed by atoms with Crippen LogP contribution in [0, 0.1) is 0 Å². The summed E-state index contributed by atoms with van der Waals surface area (Å²) in [7, 11) is 0. The summed E-state index contributed by atoms with van der Waals surface area (Å²) in [5.41, 5.74) is 0.588. The minimum Gasteiger partial charge on any atom is -0.510 e. The molecular formula is C26H37N3O3. The van der Waals surface area contributed by atoms with Crippen LogP contribution in [0.4, 0.5) is 5.95 Å². The number of carbonyl (C=O) groups excluding carboxylic acids is 1. The van der Waals surface area contributed by atoms with Crippen LogP contribution in [0.2, 0.25) is 0 Å². The molecule has 0 radical (unpaired) electrons. The highest BCUT2D eigenvalue weighted by atomic mass is 16.6. The van der Waals surface area contributed by atoms with Crippen molar-refractivity contribution in [2.45, 2.75) is 90.7 Å². The van der Waals surface area contributed by atoms with Crippen molar-refractivity contribution in [1.82, 2.24) is 9.55 Å². The highest BCUT2D eigenvalue weighted by molar-refractivity contribution is 5.93. The van der Waals surface area contributed by atoms with Crippen molar-refractivity contribution in [3.8, 4) is 0 Å². The van der Waals surface area contributed by atoms with Crippen molar-refractivity contribution < 1.29 is 14.6 Å². The predicted molar refractivity (Wildman–Crippen MR) is 128 cm³/mol. The van der Waals surface area contributed by atoms with Crippen LogP contribution in [0.5, 0.6) is 0 Å². The number of carbonyl (C=O) groups is 1. The zero-order valence-corrected chi connectivity index (χ0v) is 20.5. The fraction of sp³-hybridized carbons (Fsp3) is 0.538. The van der Waals surface area contributed by atoms with Crippen LogP contribution in [-0.2, 0) is 26.1 Å². The van der Waals surface area contributed by atoms with Gasteiger partial charge in [0, 0.05) is 17.2 Å². The van der Waals surface area contributed by atoms with Crippen LogP contribution in [0.15, 0.2) is 48.0 Å². The van der Waals surface area contributed by atoms with Gasteiger partial charge in [0.1, 0.15) is 11.4 Å². The summed E-state index contributed by atoms with van der Waals surface area (Å²) < 4.78 is 8.06. The van der Waals surface area contributed by atoms with E-state index in [1.807, 2.05) is 41.1 Å². The van der Waals surface area contributed by atoms with Crippen LogP contribution in [0.25, 0.3) is 0 Å². The number of nitrogens with one attached hydrogen (secondary N) is 1. The number of esters is 1. The molecule has 2 heterocycles. The fourth-order valence-electron chi connectivity index (χ4n) is 3.97. The molecule has 6 nitrogen and oxygen atoms in total. The van der Waals surface area contributed by atoms with Crippen LogP contribution in [0.3, 0.4) is 0 Å². The van der Waals surface area contributed by atoms with Gasteiger partial charge in [-0.05, 0) is 39.2 Å². The largest absolute Gasteiger partial charge is 0.510 e. The van der Waals surface area contributed by atoms with Crippen LogP contribution in [-0.4, -0.2) is 20.6 Å². The molecule has 0 aliphatic carbocycles. The highest BCUT2D eigenvalue weighted by Crippen LogP contribution is 2.42. The van der Waals surface area contributed by atoms with Gasteiger partial charge in [0.2, 0.25) is 5.95 Å². The number of aliphatic hydroxyl groups is 1. The molecule has 0 saturated heterocycles. The summed E-state index contributed by atoms with van der Waals surface area (Å²) in [6.07, 6.45) is 4.75. The third-order valence-electron chi connectivity index (χ3n) is 5.90. The van der Waals surface area contributed by atoms with E-state index >= 15 is 0 Å². The molecule has 1 aliphatic heterocycles. The van der Waals surface area contributed by atoms with Gasteiger partial charge in [-0.2, -0.15) is 0 Å². The van der Waals surface area contributed by atoms with Crippen molar-refractivity contribution >= 4 is 11.9 Å². The average molecular weight is 440 g/mol. The topological polar surface area (TPSA) is 76.4 Å². The fourth-order valence-corrected chi connectivity index (χ4v) is 3.97. The number of benzene rings is 1. The molecule has 2 N–H and O–H groups in total. The third kappa shape index (κ3) is 4.84. The summed E-state index contributed by atoms with van der Waals surface area (Å²) >= 11 is 0. The number of rotatable bonds is 6. The van der Waals surface area contributed by atoms with Crippen molar-refractivity contribution in [3.63, 3.8) is 0 Å². The summed E-state index contributed by atoms with van der Waals surface area (Å²) in [6.45, 7) is 14.6. The number of imidazole rings is 1. The van der Waals surface area contributed by atoms with E-state index in [1.165, 1.54) is 0 Å². The van der Waals surface area contributed by atoms with E-state index in [0.717, 1.165) is 24.1 Å². The first-order valence-corrected chi connectivity index (χ1v) is 11.5. The number of hydrogen-bond acceptors (Lipinski definition) is 5. The molecule has 174 valence electrons. The first-order valence-electron chi connectivity index (χ1n) is 11.5. The Morgan fingerprint density at radius 3 is 2.34 bits per heavy atom. The average Bonchev–Trinajstić information content (AvgIpc) is 3.15. The van der Waals surface area contributed by atoms with Crippen molar-refractivity contribution in [2.24, 2.45) is 0 Å². The Balaban J connectivity index is 2.00. The second-order valence-electron chi connectivity index (χ2n) is 10.7. The Morgan fingerprint density at radius 2 is 1.81 bits per heavy atom. The van der Waals surface area contributed by atoms with Crippen LogP contribution >= 0.6 is 0 Å². The van der Waals surface area contributed by atoms with Gasteiger partial charge in [-0.1, -0.05) is 64.4 Å². The molecule has 1 aromatic heterocycles. The normalized spacial score (nSPS) is 19.8. The van der Waals surface area contributed by atoms with E-state index in [9.17, 15) is 9.90 Å². The molecule has 0 amide bonds. The van der Waals surface area contributed by atoms with Gasteiger partial charge < -0.3 is 19.7 Å². The SMILES string of the molecule is CCCCC1(c2ccccc2)CC(O)=C(Nc2nc(C(C)(C)C)cn2C(C)(C)C)C(=O)O1. The van der Waals surface area contributed by atoms with E-state index in [-0.39, 0.29) is 28.8 Å². The Bertz CT molecular complexity index is 994. The quantitative estimate of drug-likeness (QED) is 0.528. The van der Waals surface area contributed by atoms with Gasteiger partial charge in [-0.15, -0.1) is 0 Å².